The van der Waals surface area contributed by atoms with Gasteiger partial charge in [0.2, 0.25) is 0 Å². The number of amides is 2. The molecule has 6 nitrogen and oxygen atoms in total. The molecule has 2 heterocycles. The lowest BCUT2D eigenvalue weighted by Crippen LogP contribution is -2.50. The molecule has 0 radical (unpaired) electrons. The van der Waals surface area contributed by atoms with Crippen molar-refractivity contribution in [1.82, 2.24) is 9.80 Å². The molecule has 0 N–H and O–H groups in total. The van der Waals surface area contributed by atoms with Gasteiger partial charge >= 0.3 is 6.09 Å². The normalized spacial score (nSPS) is 20.9. The molecule has 3 rings (SSSR count). The summed E-state index contributed by atoms with van der Waals surface area (Å²) in [6, 6.07) is 5.68. The minimum atomic E-state index is -0.204. The maximum Gasteiger partial charge on any atom is 0.410 e. The van der Waals surface area contributed by atoms with Gasteiger partial charge in [-0.2, -0.15) is 0 Å². The molecule has 0 bridgehead atoms. The zero-order chi connectivity index (χ0) is 19.6. The first kappa shape index (κ1) is 20.0. The van der Waals surface area contributed by atoms with Crippen molar-refractivity contribution in [3.63, 3.8) is 0 Å². The van der Waals surface area contributed by atoms with Gasteiger partial charge in [0, 0.05) is 24.7 Å². The first-order valence-corrected chi connectivity index (χ1v) is 10.3. The van der Waals surface area contributed by atoms with Crippen LogP contribution in [0.15, 0.2) is 22.7 Å². The highest BCUT2D eigenvalue weighted by molar-refractivity contribution is 9.10. The van der Waals surface area contributed by atoms with Gasteiger partial charge in [-0.15, -0.1) is 0 Å². The molecule has 0 saturated carbocycles. The van der Waals surface area contributed by atoms with E-state index in [0.717, 1.165) is 23.7 Å². The monoisotopic (exact) mass is 438 g/mol. The van der Waals surface area contributed by atoms with Gasteiger partial charge in [0.1, 0.15) is 12.4 Å². The van der Waals surface area contributed by atoms with Crippen molar-refractivity contribution in [2.45, 2.75) is 45.2 Å². The number of cyclic esters (lactones) is 1. The van der Waals surface area contributed by atoms with Gasteiger partial charge in [0.05, 0.1) is 17.6 Å². The van der Waals surface area contributed by atoms with Gasteiger partial charge in [-0.05, 0) is 59.3 Å². The fraction of sp³-hybridized carbons (Fsp3) is 0.600. The quantitative estimate of drug-likeness (QED) is 0.698. The van der Waals surface area contributed by atoms with Crippen LogP contribution in [0.3, 0.4) is 0 Å². The lowest BCUT2D eigenvalue weighted by atomic mass is 9.98. The van der Waals surface area contributed by atoms with Crippen LogP contribution in [0.5, 0.6) is 5.75 Å². The highest BCUT2D eigenvalue weighted by atomic mass is 79.9. The average Bonchev–Trinajstić information content (AvgIpc) is 3.00. The van der Waals surface area contributed by atoms with Crippen molar-refractivity contribution >= 4 is 27.9 Å². The van der Waals surface area contributed by atoms with Gasteiger partial charge in [-0.25, -0.2) is 4.79 Å². The number of rotatable bonds is 5. The molecule has 1 unspecified atom stereocenters. The van der Waals surface area contributed by atoms with E-state index in [9.17, 15) is 9.59 Å². The summed E-state index contributed by atoms with van der Waals surface area (Å²) in [5, 5.41) is 0. The van der Waals surface area contributed by atoms with E-state index >= 15 is 0 Å². The Morgan fingerprint density at radius 1 is 1.33 bits per heavy atom. The topological polar surface area (TPSA) is 59.1 Å². The molecule has 2 saturated heterocycles. The Morgan fingerprint density at radius 2 is 2.04 bits per heavy atom. The van der Waals surface area contributed by atoms with Crippen molar-refractivity contribution in [3.8, 4) is 5.75 Å². The van der Waals surface area contributed by atoms with E-state index in [0.29, 0.717) is 36.9 Å². The van der Waals surface area contributed by atoms with E-state index in [1.54, 1.807) is 25.3 Å². The van der Waals surface area contributed by atoms with Gasteiger partial charge in [0.25, 0.3) is 5.91 Å². The predicted octanol–water partition coefficient (Wildman–Crippen LogP) is 3.93. The van der Waals surface area contributed by atoms with Crippen LogP contribution in [0.4, 0.5) is 4.79 Å². The molecule has 1 aromatic carbocycles. The van der Waals surface area contributed by atoms with Crippen LogP contribution in [-0.2, 0) is 4.74 Å². The number of carbonyl (C=O) groups is 2. The second-order valence-electron chi connectivity index (χ2n) is 7.64. The third kappa shape index (κ3) is 4.39. The summed E-state index contributed by atoms with van der Waals surface area (Å²) in [5.41, 5.74) is 0.638. The first-order valence-electron chi connectivity index (χ1n) is 9.48. The number of likely N-dealkylation sites (tertiary alicyclic amines) is 1. The third-order valence-electron chi connectivity index (χ3n) is 5.29. The number of nitrogens with zero attached hydrogens (tertiary/aromatic N) is 2. The summed E-state index contributed by atoms with van der Waals surface area (Å²) < 4.78 is 11.3. The number of piperidine rings is 1. The van der Waals surface area contributed by atoms with Gasteiger partial charge in [0.15, 0.2) is 0 Å². The van der Waals surface area contributed by atoms with Crippen molar-refractivity contribution in [3.05, 3.63) is 28.2 Å². The van der Waals surface area contributed by atoms with E-state index in [2.05, 4.69) is 29.8 Å². The number of carbonyl (C=O) groups excluding carboxylic acids is 2. The molecular weight excluding hydrogens is 412 g/mol. The third-order valence-corrected chi connectivity index (χ3v) is 5.91. The first-order chi connectivity index (χ1) is 12.9. The number of hydrogen-bond donors (Lipinski definition) is 0. The summed E-state index contributed by atoms with van der Waals surface area (Å²) >= 11 is 3.43. The summed E-state index contributed by atoms with van der Waals surface area (Å²) in [4.78, 5) is 28.8. The summed E-state index contributed by atoms with van der Waals surface area (Å²) in [5.74, 6) is 1.23. The maximum atomic E-state index is 12.8. The molecule has 2 aliphatic rings. The van der Waals surface area contributed by atoms with Crippen molar-refractivity contribution in [2.75, 3.05) is 26.8 Å². The van der Waals surface area contributed by atoms with Crippen LogP contribution >= 0.6 is 15.9 Å². The Bertz CT molecular complexity index is 701. The minimum absolute atomic E-state index is 0.0135. The smallest absolute Gasteiger partial charge is 0.410 e. The fourth-order valence-electron chi connectivity index (χ4n) is 3.97. The number of hydrogen-bond acceptors (Lipinski definition) is 4. The molecule has 0 aliphatic carbocycles. The van der Waals surface area contributed by atoms with Crippen LogP contribution in [0.2, 0.25) is 0 Å². The van der Waals surface area contributed by atoms with Crippen molar-refractivity contribution in [1.29, 1.82) is 0 Å². The Kier molecular flexibility index (Phi) is 6.29. The van der Waals surface area contributed by atoms with Crippen LogP contribution in [0.25, 0.3) is 0 Å². The Morgan fingerprint density at radius 3 is 2.63 bits per heavy atom. The molecule has 2 amide bonds. The van der Waals surface area contributed by atoms with Crippen LogP contribution in [0.1, 0.15) is 43.5 Å². The molecule has 27 heavy (non-hydrogen) atoms. The number of halogens is 1. The van der Waals surface area contributed by atoms with E-state index < -0.39 is 0 Å². The maximum absolute atomic E-state index is 12.8. The highest BCUT2D eigenvalue weighted by Gasteiger charge is 2.40. The molecule has 7 heteroatoms. The second kappa shape index (κ2) is 8.50. The Hall–Kier alpha value is -1.76. The van der Waals surface area contributed by atoms with Gasteiger partial charge in [-0.1, -0.05) is 13.8 Å². The van der Waals surface area contributed by atoms with Gasteiger partial charge < -0.3 is 14.4 Å². The molecule has 2 aliphatic heterocycles. The van der Waals surface area contributed by atoms with E-state index in [4.69, 9.17) is 9.47 Å². The molecule has 1 atom stereocenters. The summed E-state index contributed by atoms with van der Waals surface area (Å²) in [6.45, 7) is 6.09. The molecule has 1 aromatic rings. The highest BCUT2D eigenvalue weighted by Crippen LogP contribution is 2.29. The largest absolute Gasteiger partial charge is 0.496 e. The number of methoxy groups -OCH3 is 1. The molecule has 148 valence electrons. The van der Waals surface area contributed by atoms with E-state index in [-0.39, 0.29) is 24.1 Å². The second-order valence-corrected chi connectivity index (χ2v) is 8.49. The summed E-state index contributed by atoms with van der Waals surface area (Å²) in [6.07, 6.45) is 2.31. The molecular formula is C20H27BrN2O4. The van der Waals surface area contributed by atoms with Crippen LogP contribution in [-0.4, -0.2) is 60.7 Å². The molecule has 0 aromatic heterocycles. The zero-order valence-electron chi connectivity index (χ0n) is 16.1. The van der Waals surface area contributed by atoms with Crippen LogP contribution in [0, 0.1) is 5.92 Å². The standard InChI is InChI=1S/C20H27BrN2O4/c1-13(2)10-16-12-27-20(25)23(16)15-6-8-22(9-7-15)19(24)14-4-5-18(26-3)17(21)11-14/h4-5,11,13,15-16H,6-10,12H2,1-3H3. The van der Waals surface area contributed by atoms with Crippen molar-refractivity contribution < 1.29 is 19.1 Å². The lowest BCUT2D eigenvalue weighted by Gasteiger charge is -2.38. The average molecular weight is 439 g/mol. The number of ether oxygens (including phenoxy) is 2. The van der Waals surface area contributed by atoms with Crippen LogP contribution < -0.4 is 4.74 Å². The SMILES string of the molecule is COc1ccc(C(=O)N2CCC(N3C(=O)OCC3CC(C)C)CC2)cc1Br. The minimum Gasteiger partial charge on any atom is -0.496 e. The van der Waals surface area contributed by atoms with Gasteiger partial charge in [-0.3, -0.25) is 9.69 Å². The fourth-order valence-corrected chi connectivity index (χ4v) is 4.51. The molecule has 2 fully saturated rings. The zero-order valence-corrected chi connectivity index (χ0v) is 17.7. The van der Waals surface area contributed by atoms with E-state index in [1.807, 2.05) is 9.80 Å². The Labute approximate surface area is 168 Å². The Balaban J connectivity index is 1.62. The predicted molar refractivity (Wildman–Crippen MR) is 106 cm³/mol. The number of benzene rings is 1. The van der Waals surface area contributed by atoms with E-state index in [1.165, 1.54) is 0 Å². The summed E-state index contributed by atoms with van der Waals surface area (Å²) in [7, 11) is 1.60. The van der Waals surface area contributed by atoms with Crippen molar-refractivity contribution in [2.24, 2.45) is 5.92 Å². The lowest BCUT2D eigenvalue weighted by molar-refractivity contribution is 0.0630. The molecule has 0 spiro atoms.